The van der Waals surface area contributed by atoms with E-state index in [9.17, 15) is 9.90 Å². The first-order valence-electron chi connectivity index (χ1n) is 5.65. The van der Waals surface area contributed by atoms with Gasteiger partial charge in [0, 0.05) is 29.2 Å². The van der Waals surface area contributed by atoms with Crippen LogP contribution in [0, 0.1) is 6.92 Å². The third-order valence-corrected chi connectivity index (χ3v) is 3.69. The van der Waals surface area contributed by atoms with Gasteiger partial charge in [-0.3, -0.25) is 4.79 Å². The first kappa shape index (κ1) is 11.5. The van der Waals surface area contributed by atoms with Crippen LogP contribution in [0.3, 0.4) is 0 Å². The standard InChI is InChI=1S/C13H12O4S/c1-7-2-10(14)13-11(15)3-8(4-12(13)17-7)16-5-9-6-18-9/h2-4,9,15H,5-6H2,1H3. The van der Waals surface area contributed by atoms with E-state index in [2.05, 4.69) is 0 Å². The minimum Gasteiger partial charge on any atom is -0.507 e. The molecule has 0 amide bonds. The van der Waals surface area contributed by atoms with Gasteiger partial charge in [0.25, 0.3) is 0 Å². The first-order chi connectivity index (χ1) is 8.63. The zero-order valence-corrected chi connectivity index (χ0v) is 10.6. The highest BCUT2D eigenvalue weighted by atomic mass is 32.2. The lowest BCUT2D eigenvalue weighted by atomic mass is 10.2. The van der Waals surface area contributed by atoms with Crippen LogP contribution in [0.5, 0.6) is 11.5 Å². The van der Waals surface area contributed by atoms with E-state index in [-0.39, 0.29) is 16.6 Å². The molecule has 3 rings (SSSR count). The van der Waals surface area contributed by atoms with E-state index in [1.54, 1.807) is 13.0 Å². The molecule has 1 saturated heterocycles. The number of fused-ring (bicyclic) bond motifs is 1. The van der Waals surface area contributed by atoms with E-state index < -0.39 is 0 Å². The van der Waals surface area contributed by atoms with Crippen molar-refractivity contribution < 1.29 is 14.3 Å². The SMILES string of the molecule is Cc1cc(=O)c2c(O)cc(OCC3CS3)cc2o1. The van der Waals surface area contributed by atoms with Crippen molar-refractivity contribution in [1.29, 1.82) is 0 Å². The van der Waals surface area contributed by atoms with Crippen LogP contribution in [-0.4, -0.2) is 22.7 Å². The van der Waals surface area contributed by atoms with Crippen LogP contribution in [0.1, 0.15) is 5.76 Å². The summed E-state index contributed by atoms with van der Waals surface area (Å²) in [5.41, 5.74) is 0.119. The van der Waals surface area contributed by atoms with Gasteiger partial charge in [0.05, 0.1) is 0 Å². The number of hydrogen-bond acceptors (Lipinski definition) is 5. The van der Waals surface area contributed by atoms with E-state index in [1.165, 1.54) is 12.1 Å². The summed E-state index contributed by atoms with van der Waals surface area (Å²) in [5, 5.41) is 10.6. The number of thioether (sulfide) groups is 1. The Balaban J connectivity index is 2.04. The van der Waals surface area contributed by atoms with Gasteiger partial charge in [-0.2, -0.15) is 11.8 Å². The molecular weight excluding hydrogens is 252 g/mol. The molecule has 1 aromatic carbocycles. The molecule has 2 aromatic rings. The smallest absolute Gasteiger partial charge is 0.196 e. The van der Waals surface area contributed by atoms with Crippen molar-refractivity contribution in [3.63, 3.8) is 0 Å². The highest BCUT2D eigenvalue weighted by molar-refractivity contribution is 8.06. The highest BCUT2D eigenvalue weighted by Gasteiger charge is 2.23. The van der Waals surface area contributed by atoms with Crippen molar-refractivity contribution in [2.45, 2.75) is 12.2 Å². The molecule has 1 aliphatic heterocycles. The van der Waals surface area contributed by atoms with Gasteiger partial charge >= 0.3 is 0 Å². The van der Waals surface area contributed by atoms with E-state index >= 15 is 0 Å². The molecular formula is C13H12O4S. The summed E-state index contributed by atoms with van der Waals surface area (Å²) in [4.78, 5) is 11.7. The number of phenols is 1. The van der Waals surface area contributed by atoms with Gasteiger partial charge in [-0.1, -0.05) is 0 Å². The third-order valence-electron chi connectivity index (χ3n) is 2.74. The lowest BCUT2D eigenvalue weighted by Gasteiger charge is -2.07. The Bertz CT molecular complexity index is 658. The summed E-state index contributed by atoms with van der Waals surface area (Å²) in [7, 11) is 0. The predicted molar refractivity (Wildman–Crippen MR) is 70.6 cm³/mol. The largest absolute Gasteiger partial charge is 0.507 e. The second kappa shape index (κ2) is 4.24. The zero-order valence-electron chi connectivity index (χ0n) is 9.80. The maximum Gasteiger partial charge on any atom is 0.196 e. The van der Waals surface area contributed by atoms with E-state index in [1.807, 2.05) is 11.8 Å². The molecule has 1 aliphatic rings. The Kier molecular flexibility index (Phi) is 2.70. The molecule has 1 aromatic heterocycles. The van der Waals surface area contributed by atoms with Crippen molar-refractivity contribution in [2.24, 2.45) is 0 Å². The molecule has 0 saturated carbocycles. The monoisotopic (exact) mass is 264 g/mol. The second-order valence-corrected chi connectivity index (χ2v) is 5.64. The van der Waals surface area contributed by atoms with Gasteiger partial charge in [-0.05, 0) is 6.92 Å². The predicted octanol–water partition coefficient (Wildman–Crippen LogP) is 2.30. The number of rotatable bonds is 3. The van der Waals surface area contributed by atoms with Gasteiger partial charge in [0.15, 0.2) is 5.43 Å². The molecule has 0 spiro atoms. The van der Waals surface area contributed by atoms with Crippen molar-refractivity contribution in [3.05, 3.63) is 34.2 Å². The Hall–Kier alpha value is -1.62. The molecule has 1 fully saturated rings. The number of phenolic OH excluding ortho intramolecular Hbond substituents is 1. The Morgan fingerprint density at radius 2 is 2.28 bits per heavy atom. The topological polar surface area (TPSA) is 59.7 Å². The van der Waals surface area contributed by atoms with Crippen LogP contribution in [0.2, 0.25) is 0 Å². The Morgan fingerprint density at radius 3 is 3.00 bits per heavy atom. The minimum absolute atomic E-state index is 0.0975. The van der Waals surface area contributed by atoms with Gasteiger partial charge in [0.2, 0.25) is 0 Å². The highest BCUT2D eigenvalue weighted by Crippen LogP contribution is 2.32. The quantitative estimate of drug-likeness (QED) is 0.862. The lowest BCUT2D eigenvalue weighted by molar-refractivity contribution is 0.327. The van der Waals surface area contributed by atoms with Gasteiger partial charge < -0.3 is 14.3 Å². The average molecular weight is 264 g/mol. The maximum atomic E-state index is 11.7. The minimum atomic E-state index is -0.240. The van der Waals surface area contributed by atoms with Crippen LogP contribution in [0.15, 0.2) is 27.4 Å². The summed E-state index contributed by atoms with van der Waals surface area (Å²) < 4.78 is 11.0. The lowest BCUT2D eigenvalue weighted by Crippen LogP contribution is -2.04. The number of benzene rings is 1. The van der Waals surface area contributed by atoms with Crippen LogP contribution in [0.25, 0.3) is 11.0 Å². The van der Waals surface area contributed by atoms with Crippen molar-refractivity contribution in [3.8, 4) is 11.5 Å². The molecule has 18 heavy (non-hydrogen) atoms. The molecule has 1 N–H and O–H groups in total. The number of aryl methyl sites for hydroxylation is 1. The fourth-order valence-electron chi connectivity index (χ4n) is 1.80. The normalized spacial score (nSPS) is 17.9. The van der Waals surface area contributed by atoms with Crippen molar-refractivity contribution in [2.75, 3.05) is 12.4 Å². The summed E-state index contributed by atoms with van der Waals surface area (Å²) in [6.45, 7) is 2.32. The summed E-state index contributed by atoms with van der Waals surface area (Å²) in [5.74, 6) is 2.07. The van der Waals surface area contributed by atoms with Gasteiger partial charge in [-0.25, -0.2) is 0 Å². The van der Waals surface area contributed by atoms with E-state index in [0.717, 1.165) is 5.75 Å². The number of hydrogen-bond donors (Lipinski definition) is 1. The Labute approximate surface area is 108 Å². The van der Waals surface area contributed by atoms with Crippen molar-refractivity contribution >= 4 is 22.7 Å². The van der Waals surface area contributed by atoms with Gasteiger partial charge in [0.1, 0.15) is 34.8 Å². The molecule has 1 atom stereocenters. The summed E-state index contributed by atoms with van der Waals surface area (Å²) >= 11 is 1.84. The fourth-order valence-corrected chi connectivity index (χ4v) is 2.20. The molecule has 0 radical (unpaired) electrons. The third kappa shape index (κ3) is 2.18. The second-order valence-electron chi connectivity index (χ2n) is 4.30. The Morgan fingerprint density at radius 1 is 1.50 bits per heavy atom. The first-order valence-corrected chi connectivity index (χ1v) is 6.70. The zero-order chi connectivity index (χ0) is 12.7. The van der Waals surface area contributed by atoms with Crippen molar-refractivity contribution in [1.82, 2.24) is 0 Å². The molecule has 4 nitrogen and oxygen atoms in total. The molecule has 1 unspecified atom stereocenters. The van der Waals surface area contributed by atoms with Crippen LogP contribution < -0.4 is 10.2 Å². The number of aromatic hydroxyl groups is 1. The number of ether oxygens (including phenoxy) is 1. The molecule has 5 heteroatoms. The molecule has 94 valence electrons. The molecule has 0 bridgehead atoms. The van der Waals surface area contributed by atoms with Crippen LogP contribution >= 0.6 is 11.8 Å². The van der Waals surface area contributed by atoms with Crippen LogP contribution in [-0.2, 0) is 0 Å². The van der Waals surface area contributed by atoms with E-state index in [4.69, 9.17) is 9.15 Å². The molecule has 0 aliphatic carbocycles. The van der Waals surface area contributed by atoms with Crippen LogP contribution in [0.4, 0.5) is 0 Å². The maximum absolute atomic E-state index is 11.7. The molecule has 2 heterocycles. The van der Waals surface area contributed by atoms with E-state index in [0.29, 0.717) is 28.9 Å². The average Bonchev–Trinajstić information content (AvgIpc) is 3.08. The fraction of sp³-hybridized carbons (Fsp3) is 0.308. The summed E-state index contributed by atoms with van der Waals surface area (Å²) in [6, 6.07) is 4.47. The summed E-state index contributed by atoms with van der Waals surface area (Å²) in [6.07, 6.45) is 0. The van der Waals surface area contributed by atoms with Gasteiger partial charge in [-0.15, -0.1) is 0 Å².